The Kier molecular flexibility index (Phi) is 6.77. The molecule has 3 rings (SSSR count). The van der Waals surface area contributed by atoms with E-state index in [0.717, 1.165) is 17.3 Å². The van der Waals surface area contributed by atoms with E-state index in [1.807, 2.05) is 18.2 Å². The zero-order valence-electron chi connectivity index (χ0n) is 16.0. The van der Waals surface area contributed by atoms with Gasteiger partial charge in [0.05, 0.1) is 17.1 Å². The zero-order chi connectivity index (χ0) is 20.8. The van der Waals surface area contributed by atoms with Gasteiger partial charge in [-0.3, -0.25) is 9.59 Å². The number of amides is 1. The molecule has 0 aliphatic carbocycles. The van der Waals surface area contributed by atoms with Crippen LogP contribution in [-0.4, -0.2) is 28.4 Å². The topological polar surface area (TPSA) is 99.6 Å². The van der Waals surface area contributed by atoms with Crippen molar-refractivity contribution in [3.8, 4) is 5.75 Å². The molecule has 0 unspecified atom stereocenters. The summed E-state index contributed by atoms with van der Waals surface area (Å²) in [4.78, 5) is 28.7. The predicted octanol–water partition coefficient (Wildman–Crippen LogP) is 3.25. The quantitative estimate of drug-likeness (QED) is 0.525. The third-order valence-corrected chi connectivity index (χ3v) is 4.72. The molecule has 0 atom stereocenters. The molecule has 1 aromatic heterocycles. The van der Waals surface area contributed by atoms with E-state index in [2.05, 4.69) is 32.9 Å². The van der Waals surface area contributed by atoms with Gasteiger partial charge in [0.25, 0.3) is 11.5 Å². The maximum atomic E-state index is 13.1. The fourth-order valence-electron chi connectivity index (χ4n) is 2.80. The first-order valence-corrected chi connectivity index (χ1v) is 10.0. The number of para-hydroxylation sites is 1. The van der Waals surface area contributed by atoms with Gasteiger partial charge in [-0.15, -0.1) is 0 Å². The predicted molar refractivity (Wildman–Crippen MR) is 116 cm³/mol. The molecular formula is C21H21BrN4O3. The van der Waals surface area contributed by atoms with Crippen molar-refractivity contribution in [3.63, 3.8) is 0 Å². The van der Waals surface area contributed by atoms with Gasteiger partial charge in [0.1, 0.15) is 11.6 Å². The lowest BCUT2D eigenvalue weighted by Crippen LogP contribution is -2.22. The molecule has 1 heterocycles. The fraction of sp³-hybridized carbons (Fsp3) is 0.238. The molecule has 7 nitrogen and oxygen atoms in total. The van der Waals surface area contributed by atoms with Gasteiger partial charge in [-0.25, -0.2) is 4.98 Å². The van der Waals surface area contributed by atoms with Crippen molar-refractivity contribution >= 4 is 39.0 Å². The molecule has 2 aromatic carbocycles. The molecule has 0 spiro atoms. The molecule has 0 aliphatic heterocycles. The molecule has 0 bridgehead atoms. The normalized spacial score (nSPS) is 11.2. The van der Waals surface area contributed by atoms with E-state index < -0.39 is 5.91 Å². The Morgan fingerprint density at radius 2 is 2.10 bits per heavy atom. The summed E-state index contributed by atoms with van der Waals surface area (Å²) in [5.41, 5.74) is 6.17. The second-order valence-electron chi connectivity index (χ2n) is 6.45. The van der Waals surface area contributed by atoms with Gasteiger partial charge in [-0.05, 0) is 36.8 Å². The van der Waals surface area contributed by atoms with Crippen molar-refractivity contribution in [2.45, 2.75) is 26.2 Å². The minimum absolute atomic E-state index is 0.238. The number of hydrogen-bond donors (Lipinski definition) is 1. The Morgan fingerprint density at radius 3 is 2.86 bits per heavy atom. The third kappa shape index (κ3) is 5.08. The molecule has 150 valence electrons. The number of carbonyl (C=O) groups excluding carboxylic acids is 1. The summed E-state index contributed by atoms with van der Waals surface area (Å²) >= 11 is 3.40. The van der Waals surface area contributed by atoms with Gasteiger partial charge in [-0.1, -0.05) is 41.4 Å². The number of ether oxygens (including phenoxy) is 1. The Labute approximate surface area is 176 Å². The molecule has 0 aliphatic rings. The van der Waals surface area contributed by atoms with Crippen LogP contribution in [0, 0.1) is 0 Å². The number of aromatic nitrogens is 2. The van der Waals surface area contributed by atoms with Crippen molar-refractivity contribution in [2.75, 3.05) is 6.61 Å². The highest BCUT2D eigenvalue weighted by molar-refractivity contribution is 9.10. The summed E-state index contributed by atoms with van der Waals surface area (Å²) in [5.74, 6) is 0.479. The summed E-state index contributed by atoms with van der Waals surface area (Å²) in [6.45, 7) is 1.84. The van der Waals surface area contributed by atoms with Crippen LogP contribution in [0.3, 0.4) is 0 Å². The van der Waals surface area contributed by atoms with Crippen LogP contribution in [0.1, 0.15) is 31.2 Å². The minimum atomic E-state index is -0.570. The number of carbonyl (C=O) groups is 1. The van der Waals surface area contributed by atoms with Gasteiger partial charge in [0.2, 0.25) is 0 Å². The average Bonchev–Trinajstić information content (AvgIpc) is 2.71. The number of halogens is 1. The highest BCUT2D eigenvalue weighted by Gasteiger charge is 2.11. The molecular weight excluding hydrogens is 436 g/mol. The molecule has 2 N–H and O–H groups in total. The van der Waals surface area contributed by atoms with Crippen LogP contribution >= 0.6 is 15.9 Å². The molecule has 1 amide bonds. The lowest BCUT2D eigenvalue weighted by atomic mass is 10.2. The Morgan fingerprint density at radius 1 is 1.31 bits per heavy atom. The van der Waals surface area contributed by atoms with Crippen LogP contribution < -0.4 is 16.0 Å². The van der Waals surface area contributed by atoms with Crippen molar-refractivity contribution in [1.82, 2.24) is 9.66 Å². The largest absolute Gasteiger partial charge is 0.483 e. The minimum Gasteiger partial charge on any atom is -0.483 e. The number of hydrogen-bond acceptors (Lipinski definition) is 5. The summed E-state index contributed by atoms with van der Waals surface area (Å²) in [5, 5.41) is 4.88. The smallest absolute Gasteiger partial charge is 0.282 e. The number of benzene rings is 2. The van der Waals surface area contributed by atoms with Crippen molar-refractivity contribution in [1.29, 1.82) is 0 Å². The van der Waals surface area contributed by atoms with E-state index in [1.165, 1.54) is 10.9 Å². The van der Waals surface area contributed by atoms with Gasteiger partial charge < -0.3 is 10.5 Å². The number of unbranched alkanes of at least 4 members (excludes halogenated alkanes) is 1. The second kappa shape index (κ2) is 9.47. The summed E-state index contributed by atoms with van der Waals surface area (Å²) in [6, 6.07) is 12.5. The molecule has 0 saturated carbocycles. The number of fused-ring (bicyclic) bond motifs is 1. The van der Waals surface area contributed by atoms with Crippen molar-refractivity contribution in [2.24, 2.45) is 10.8 Å². The molecule has 0 fully saturated rings. The first-order chi connectivity index (χ1) is 14.0. The molecule has 8 heteroatoms. The number of aryl methyl sites for hydroxylation is 1. The highest BCUT2D eigenvalue weighted by atomic mass is 79.9. The number of nitrogens with zero attached hydrogens (tertiary/aromatic N) is 3. The Hall–Kier alpha value is -3.00. The van der Waals surface area contributed by atoms with E-state index in [9.17, 15) is 9.59 Å². The summed E-state index contributed by atoms with van der Waals surface area (Å²) in [6.07, 6.45) is 4.03. The first kappa shape index (κ1) is 20.7. The molecule has 29 heavy (non-hydrogen) atoms. The first-order valence-electron chi connectivity index (χ1n) is 9.25. The summed E-state index contributed by atoms with van der Waals surface area (Å²) < 4.78 is 7.55. The summed E-state index contributed by atoms with van der Waals surface area (Å²) in [7, 11) is 0. The van der Waals surface area contributed by atoms with Crippen molar-refractivity contribution < 1.29 is 9.53 Å². The van der Waals surface area contributed by atoms with Crippen molar-refractivity contribution in [3.05, 3.63) is 68.7 Å². The van der Waals surface area contributed by atoms with Crippen LogP contribution in [0.25, 0.3) is 10.9 Å². The van der Waals surface area contributed by atoms with Crippen LogP contribution in [0.5, 0.6) is 5.75 Å². The van der Waals surface area contributed by atoms with Gasteiger partial charge in [0.15, 0.2) is 6.61 Å². The highest BCUT2D eigenvalue weighted by Crippen LogP contribution is 2.18. The van der Waals surface area contributed by atoms with Crippen LogP contribution in [0.4, 0.5) is 0 Å². The monoisotopic (exact) mass is 456 g/mol. The number of rotatable bonds is 8. The van der Waals surface area contributed by atoms with E-state index in [4.69, 9.17) is 10.5 Å². The number of nitrogens with two attached hydrogens (primary N) is 1. The van der Waals surface area contributed by atoms with Gasteiger partial charge in [0, 0.05) is 16.5 Å². The molecule has 3 aromatic rings. The van der Waals surface area contributed by atoms with E-state index >= 15 is 0 Å². The van der Waals surface area contributed by atoms with Crippen LogP contribution in [0.15, 0.2) is 56.8 Å². The third-order valence-electron chi connectivity index (χ3n) is 4.23. The second-order valence-corrected chi connectivity index (χ2v) is 7.36. The fourth-order valence-corrected chi connectivity index (χ4v) is 3.16. The Balaban J connectivity index is 2.06. The molecule has 0 radical (unpaired) electrons. The maximum Gasteiger partial charge on any atom is 0.282 e. The van der Waals surface area contributed by atoms with Crippen LogP contribution in [-0.2, 0) is 11.2 Å². The Bertz CT molecular complexity index is 1120. The van der Waals surface area contributed by atoms with E-state index in [-0.39, 0.29) is 12.2 Å². The zero-order valence-corrected chi connectivity index (χ0v) is 17.6. The number of primary amides is 1. The standard InChI is InChI=1S/C21H21BrN4O3/c1-2-3-8-20-25-17-10-9-15(22)11-16(17)21(28)26(20)24-12-14-6-4-5-7-18(14)29-13-19(23)27/h4-7,9-12H,2-3,8,13H2,1H3,(H2,23,27). The maximum absolute atomic E-state index is 13.1. The van der Waals surface area contributed by atoms with Crippen LogP contribution in [0.2, 0.25) is 0 Å². The lowest BCUT2D eigenvalue weighted by Gasteiger charge is -2.10. The average molecular weight is 457 g/mol. The van der Waals surface area contributed by atoms with Gasteiger partial charge >= 0.3 is 0 Å². The van der Waals surface area contributed by atoms with Gasteiger partial charge in [-0.2, -0.15) is 9.78 Å². The molecule has 0 saturated heterocycles. The van der Waals surface area contributed by atoms with E-state index in [0.29, 0.717) is 34.5 Å². The SMILES string of the molecule is CCCCc1nc2ccc(Br)cc2c(=O)n1N=Cc1ccccc1OCC(N)=O. The van der Waals surface area contributed by atoms with E-state index in [1.54, 1.807) is 24.3 Å². The lowest BCUT2D eigenvalue weighted by molar-refractivity contribution is -0.119.